The van der Waals surface area contributed by atoms with Gasteiger partial charge in [-0.05, 0) is 55.8 Å². The van der Waals surface area contributed by atoms with E-state index in [1.165, 1.54) is 6.20 Å². The minimum absolute atomic E-state index is 0.142. The molecule has 1 aromatic carbocycles. The van der Waals surface area contributed by atoms with Gasteiger partial charge in [0.2, 0.25) is 5.91 Å². The van der Waals surface area contributed by atoms with Crippen molar-refractivity contribution in [2.45, 2.75) is 33.2 Å². The van der Waals surface area contributed by atoms with E-state index >= 15 is 0 Å². The van der Waals surface area contributed by atoms with Gasteiger partial charge in [-0.2, -0.15) is 5.10 Å². The molecule has 0 aliphatic carbocycles. The van der Waals surface area contributed by atoms with Crippen LogP contribution in [0.15, 0.2) is 38.1 Å². The summed E-state index contributed by atoms with van der Waals surface area (Å²) in [7, 11) is 0. The quantitative estimate of drug-likeness (QED) is 0.782. The molecule has 0 fully saturated rings. The third-order valence-electron chi connectivity index (χ3n) is 3.43. The lowest BCUT2D eigenvalue weighted by atomic mass is 9.98. The highest BCUT2D eigenvalue weighted by Crippen LogP contribution is 2.27. The smallest absolute Gasteiger partial charge is 0.282 e. The van der Waals surface area contributed by atoms with Crippen LogP contribution in [-0.2, 0) is 11.3 Å². The van der Waals surface area contributed by atoms with E-state index in [1.807, 2.05) is 25.1 Å². The molecule has 0 radical (unpaired) electrons. The highest BCUT2D eigenvalue weighted by Gasteiger charge is 2.14. The van der Waals surface area contributed by atoms with Gasteiger partial charge in [-0.3, -0.25) is 9.59 Å². The van der Waals surface area contributed by atoms with Gasteiger partial charge in [0.25, 0.3) is 5.56 Å². The standard InChI is InChI=1S/C16H17Br2N3O2/c1-9(2)11-6-4-5-10(3)15(11)20-13(22)8-21-16(23)14(18)12(17)7-19-21/h4-7,9H,8H2,1-3H3,(H,20,22). The predicted octanol–water partition coefficient (Wildman–Crippen LogP) is 3.84. The molecule has 1 heterocycles. The topological polar surface area (TPSA) is 64.0 Å². The number of hydrogen-bond donors (Lipinski definition) is 1. The van der Waals surface area contributed by atoms with Crippen LogP contribution in [0.25, 0.3) is 0 Å². The van der Waals surface area contributed by atoms with Crippen LogP contribution >= 0.6 is 31.9 Å². The third-order valence-corrected chi connectivity index (χ3v) is 5.33. The summed E-state index contributed by atoms with van der Waals surface area (Å²) in [5, 5.41) is 6.87. The molecule has 0 aliphatic rings. The molecule has 5 nitrogen and oxygen atoms in total. The van der Waals surface area contributed by atoms with Crippen LogP contribution in [0.1, 0.15) is 30.9 Å². The van der Waals surface area contributed by atoms with Gasteiger partial charge in [-0.15, -0.1) is 0 Å². The monoisotopic (exact) mass is 441 g/mol. The third kappa shape index (κ3) is 4.09. The molecule has 7 heteroatoms. The molecule has 0 atom stereocenters. The van der Waals surface area contributed by atoms with E-state index in [2.05, 4.69) is 56.1 Å². The second-order valence-corrected chi connectivity index (χ2v) is 7.16. The van der Waals surface area contributed by atoms with Crippen molar-refractivity contribution in [1.29, 1.82) is 0 Å². The van der Waals surface area contributed by atoms with E-state index in [0.717, 1.165) is 21.5 Å². The summed E-state index contributed by atoms with van der Waals surface area (Å²) in [5.41, 5.74) is 2.50. The molecule has 23 heavy (non-hydrogen) atoms. The van der Waals surface area contributed by atoms with E-state index in [9.17, 15) is 9.59 Å². The zero-order chi connectivity index (χ0) is 17.1. The zero-order valence-electron chi connectivity index (χ0n) is 13.1. The second-order valence-electron chi connectivity index (χ2n) is 5.51. The lowest BCUT2D eigenvalue weighted by molar-refractivity contribution is -0.117. The molecule has 0 aliphatic heterocycles. The Balaban J connectivity index is 2.25. The first kappa shape index (κ1) is 17.9. The average molecular weight is 443 g/mol. The summed E-state index contributed by atoms with van der Waals surface area (Å²) in [5.74, 6) is -0.00195. The van der Waals surface area contributed by atoms with Crippen molar-refractivity contribution in [2.24, 2.45) is 0 Å². The van der Waals surface area contributed by atoms with Crippen molar-refractivity contribution in [3.8, 4) is 0 Å². The van der Waals surface area contributed by atoms with E-state index in [-0.39, 0.29) is 23.9 Å². The van der Waals surface area contributed by atoms with Gasteiger partial charge in [0.05, 0.1) is 10.7 Å². The van der Waals surface area contributed by atoms with Gasteiger partial charge in [0, 0.05) is 5.69 Å². The number of aryl methyl sites for hydroxylation is 1. The Morgan fingerprint density at radius 3 is 2.70 bits per heavy atom. The van der Waals surface area contributed by atoms with Gasteiger partial charge >= 0.3 is 0 Å². The number of amides is 1. The van der Waals surface area contributed by atoms with Crippen LogP contribution in [-0.4, -0.2) is 15.7 Å². The molecule has 0 unspecified atom stereocenters. The molecule has 0 saturated heterocycles. The maximum absolute atomic E-state index is 12.3. The SMILES string of the molecule is Cc1cccc(C(C)C)c1NC(=O)Cn1ncc(Br)c(Br)c1=O. The van der Waals surface area contributed by atoms with Crippen molar-refractivity contribution in [2.75, 3.05) is 5.32 Å². The maximum Gasteiger partial charge on any atom is 0.282 e. The van der Waals surface area contributed by atoms with Crippen LogP contribution in [0.2, 0.25) is 0 Å². The highest BCUT2D eigenvalue weighted by molar-refractivity contribution is 9.13. The molecule has 1 aromatic heterocycles. The summed E-state index contributed by atoms with van der Waals surface area (Å²) in [6.07, 6.45) is 1.48. The number of nitrogens with one attached hydrogen (secondary N) is 1. The van der Waals surface area contributed by atoms with Crippen LogP contribution in [0.5, 0.6) is 0 Å². The Hall–Kier alpha value is -1.47. The first-order chi connectivity index (χ1) is 10.8. The number of nitrogens with zero attached hydrogens (tertiary/aromatic N) is 2. The summed E-state index contributed by atoms with van der Waals surface area (Å²) in [4.78, 5) is 24.4. The Labute approximate surface area is 151 Å². The number of carbonyl (C=O) groups is 1. The van der Waals surface area contributed by atoms with Gasteiger partial charge in [0.15, 0.2) is 0 Å². The van der Waals surface area contributed by atoms with Gasteiger partial charge in [-0.1, -0.05) is 32.0 Å². The van der Waals surface area contributed by atoms with Crippen molar-refractivity contribution < 1.29 is 4.79 Å². The van der Waals surface area contributed by atoms with E-state index in [1.54, 1.807) is 0 Å². The number of hydrogen-bond acceptors (Lipinski definition) is 3. The maximum atomic E-state index is 12.3. The van der Waals surface area contributed by atoms with Gasteiger partial charge in [-0.25, -0.2) is 4.68 Å². The first-order valence-electron chi connectivity index (χ1n) is 7.11. The highest BCUT2D eigenvalue weighted by atomic mass is 79.9. The molecule has 0 spiro atoms. The van der Waals surface area contributed by atoms with Crippen LogP contribution < -0.4 is 10.9 Å². The minimum Gasteiger partial charge on any atom is -0.324 e. The largest absolute Gasteiger partial charge is 0.324 e. The number of anilines is 1. The second kappa shape index (κ2) is 7.40. The van der Waals surface area contributed by atoms with Crippen molar-refractivity contribution >= 4 is 43.5 Å². The van der Waals surface area contributed by atoms with E-state index in [0.29, 0.717) is 8.95 Å². The summed E-state index contributed by atoms with van der Waals surface area (Å²) >= 11 is 6.39. The minimum atomic E-state index is -0.358. The number of para-hydroxylation sites is 1. The Morgan fingerprint density at radius 2 is 2.04 bits per heavy atom. The van der Waals surface area contributed by atoms with Crippen LogP contribution in [0.4, 0.5) is 5.69 Å². The first-order valence-corrected chi connectivity index (χ1v) is 8.70. The average Bonchev–Trinajstić information content (AvgIpc) is 2.49. The Morgan fingerprint density at radius 1 is 1.35 bits per heavy atom. The molecule has 1 amide bonds. The Kier molecular flexibility index (Phi) is 5.75. The van der Waals surface area contributed by atoms with Crippen molar-refractivity contribution in [3.05, 3.63) is 54.8 Å². The molecule has 0 saturated carbocycles. The normalized spacial score (nSPS) is 10.9. The number of carbonyl (C=O) groups excluding carboxylic acids is 1. The number of rotatable bonds is 4. The molecular formula is C16H17Br2N3O2. The Bertz CT molecular complexity index is 800. The van der Waals surface area contributed by atoms with Gasteiger partial charge < -0.3 is 5.32 Å². The molecule has 122 valence electrons. The van der Waals surface area contributed by atoms with E-state index in [4.69, 9.17) is 0 Å². The summed E-state index contributed by atoms with van der Waals surface area (Å²) < 4.78 is 2.02. The molecule has 1 N–H and O–H groups in total. The van der Waals surface area contributed by atoms with Crippen LogP contribution in [0, 0.1) is 6.92 Å². The molecular weight excluding hydrogens is 426 g/mol. The van der Waals surface area contributed by atoms with Gasteiger partial charge in [0.1, 0.15) is 11.0 Å². The number of halogens is 2. The fraction of sp³-hybridized carbons (Fsp3) is 0.312. The van der Waals surface area contributed by atoms with E-state index < -0.39 is 0 Å². The molecule has 2 aromatic rings. The zero-order valence-corrected chi connectivity index (χ0v) is 16.2. The number of aromatic nitrogens is 2. The van der Waals surface area contributed by atoms with Crippen molar-refractivity contribution in [1.82, 2.24) is 9.78 Å². The fourth-order valence-electron chi connectivity index (χ4n) is 2.21. The molecule has 0 bridgehead atoms. The lowest BCUT2D eigenvalue weighted by Gasteiger charge is -2.16. The number of benzene rings is 1. The predicted molar refractivity (Wildman–Crippen MR) is 97.8 cm³/mol. The van der Waals surface area contributed by atoms with Crippen molar-refractivity contribution in [3.63, 3.8) is 0 Å². The van der Waals surface area contributed by atoms with Crippen LogP contribution in [0.3, 0.4) is 0 Å². The fourth-order valence-corrected chi connectivity index (χ4v) is 2.78. The molecule has 2 rings (SSSR count). The summed E-state index contributed by atoms with van der Waals surface area (Å²) in [6, 6.07) is 5.91. The summed E-state index contributed by atoms with van der Waals surface area (Å²) in [6.45, 7) is 5.95. The lowest BCUT2D eigenvalue weighted by Crippen LogP contribution is -2.30.